The average molecular weight is 313 g/mol. The molecule has 0 radical (unpaired) electrons. The number of sulfone groups is 1. The van der Waals surface area contributed by atoms with E-state index in [9.17, 15) is 8.42 Å². The Morgan fingerprint density at radius 1 is 1.38 bits per heavy atom. The lowest BCUT2D eigenvalue weighted by atomic mass is 10.1. The Labute approximate surface area is 126 Å². The monoisotopic (exact) mass is 313 g/mol. The van der Waals surface area contributed by atoms with E-state index in [4.69, 9.17) is 15.2 Å². The molecule has 2 rings (SSSR count). The normalized spacial score (nSPS) is 18.4. The van der Waals surface area contributed by atoms with Crippen LogP contribution in [0.2, 0.25) is 0 Å². The molecule has 5 nitrogen and oxygen atoms in total. The van der Waals surface area contributed by atoms with Crippen molar-refractivity contribution in [2.45, 2.75) is 31.1 Å². The summed E-state index contributed by atoms with van der Waals surface area (Å²) in [6.07, 6.45) is 1.11. The van der Waals surface area contributed by atoms with Gasteiger partial charge in [-0.3, -0.25) is 0 Å². The highest BCUT2D eigenvalue weighted by atomic mass is 32.2. The molecule has 1 heterocycles. The van der Waals surface area contributed by atoms with Crippen molar-refractivity contribution in [3.05, 3.63) is 29.3 Å². The van der Waals surface area contributed by atoms with Crippen molar-refractivity contribution in [2.24, 2.45) is 5.73 Å². The maximum absolute atomic E-state index is 12.5. The summed E-state index contributed by atoms with van der Waals surface area (Å²) in [7, 11) is -1.67. The molecule has 6 heteroatoms. The van der Waals surface area contributed by atoms with E-state index in [1.807, 2.05) is 25.1 Å². The van der Waals surface area contributed by atoms with Gasteiger partial charge in [0.05, 0.1) is 18.1 Å². The fraction of sp³-hybridized carbons (Fsp3) is 0.600. The van der Waals surface area contributed by atoms with E-state index in [0.717, 1.165) is 11.1 Å². The summed E-state index contributed by atoms with van der Waals surface area (Å²) >= 11 is 0. The molecule has 1 saturated heterocycles. The Morgan fingerprint density at radius 3 is 2.67 bits per heavy atom. The Balaban J connectivity index is 2.16. The number of hydrogen-bond donors (Lipinski definition) is 1. The highest BCUT2D eigenvalue weighted by Gasteiger charge is 2.30. The van der Waals surface area contributed by atoms with Crippen LogP contribution in [0.15, 0.2) is 18.2 Å². The van der Waals surface area contributed by atoms with Crippen molar-refractivity contribution in [3.8, 4) is 5.75 Å². The first-order valence-corrected chi connectivity index (χ1v) is 8.85. The van der Waals surface area contributed by atoms with E-state index in [2.05, 4.69) is 0 Å². The van der Waals surface area contributed by atoms with Crippen molar-refractivity contribution in [1.82, 2.24) is 0 Å². The molecule has 2 N–H and O–H groups in total. The molecule has 1 fully saturated rings. The van der Waals surface area contributed by atoms with Gasteiger partial charge in [-0.15, -0.1) is 0 Å². The molecule has 0 aromatic heterocycles. The van der Waals surface area contributed by atoms with Gasteiger partial charge in [0.2, 0.25) is 0 Å². The van der Waals surface area contributed by atoms with Crippen LogP contribution in [-0.2, 0) is 14.6 Å². The van der Waals surface area contributed by atoms with Crippen LogP contribution in [0.1, 0.15) is 30.0 Å². The topological polar surface area (TPSA) is 78.6 Å². The molecule has 0 saturated carbocycles. The zero-order valence-corrected chi connectivity index (χ0v) is 13.4. The second-order valence-electron chi connectivity index (χ2n) is 5.49. The standard InChI is InChI=1S/C15H23NO4S/c1-11-3-4-15(19-2)13(9-11)14(16)10-21(17,18)12-5-7-20-8-6-12/h3-4,9,12,14H,5-8,10,16H2,1-2H3. The minimum Gasteiger partial charge on any atom is -0.496 e. The molecule has 21 heavy (non-hydrogen) atoms. The van der Waals surface area contributed by atoms with Gasteiger partial charge < -0.3 is 15.2 Å². The van der Waals surface area contributed by atoms with Crippen LogP contribution < -0.4 is 10.5 Å². The maximum Gasteiger partial charge on any atom is 0.155 e. The van der Waals surface area contributed by atoms with Crippen LogP contribution in [0, 0.1) is 6.92 Å². The molecule has 0 spiro atoms. The maximum atomic E-state index is 12.5. The van der Waals surface area contributed by atoms with Crippen molar-refractivity contribution >= 4 is 9.84 Å². The number of methoxy groups -OCH3 is 1. The van der Waals surface area contributed by atoms with Gasteiger partial charge >= 0.3 is 0 Å². The smallest absolute Gasteiger partial charge is 0.155 e. The zero-order chi connectivity index (χ0) is 15.5. The number of nitrogens with two attached hydrogens (primary N) is 1. The van der Waals surface area contributed by atoms with E-state index in [-0.39, 0.29) is 11.0 Å². The molecule has 1 aliphatic heterocycles. The van der Waals surface area contributed by atoms with E-state index in [1.54, 1.807) is 7.11 Å². The molecule has 0 aliphatic carbocycles. The molecular formula is C15H23NO4S. The fourth-order valence-electron chi connectivity index (χ4n) is 2.65. The first-order valence-electron chi connectivity index (χ1n) is 7.13. The third-order valence-electron chi connectivity index (χ3n) is 3.87. The first kappa shape index (κ1) is 16.3. The lowest BCUT2D eigenvalue weighted by Crippen LogP contribution is -2.34. The van der Waals surface area contributed by atoms with E-state index in [0.29, 0.717) is 31.8 Å². The number of hydrogen-bond acceptors (Lipinski definition) is 5. The van der Waals surface area contributed by atoms with Crippen LogP contribution in [-0.4, -0.2) is 39.7 Å². The van der Waals surface area contributed by atoms with Gasteiger partial charge in [-0.2, -0.15) is 0 Å². The Morgan fingerprint density at radius 2 is 2.05 bits per heavy atom. The predicted molar refractivity (Wildman–Crippen MR) is 82.3 cm³/mol. The van der Waals surface area contributed by atoms with E-state index in [1.165, 1.54) is 0 Å². The second kappa shape index (κ2) is 6.77. The summed E-state index contributed by atoms with van der Waals surface area (Å²) in [5.74, 6) is 0.576. The summed E-state index contributed by atoms with van der Waals surface area (Å²) in [6.45, 7) is 2.96. The van der Waals surface area contributed by atoms with E-state index >= 15 is 0 Å². The molecular weight excluding hydrogens is 290 g/mol. The third-order valence-corrected chi connectivity index (χ3v) is 6.18. The number of ether oxygens (including phenoxy) is 2. The Bertz CT molecular complexity index is 579. The molecule has 1 aliphatic rings. The first-order chi connectivity index (χ1) is 9.94. The quantitative estimate of drug-likeness (QED) is 0.893. The summed E-state index contributed by atoms with van der Waals surface area (Å²) in [5, 5.41) is -0.340. The summed E-state index contributed by atoms with van der Waals surface area (Å²) in [6, 6.07) is 5.06. The van der Waals surface area contributed by atoms with Crippen molar-refractivity contribution < 1.29 is 17.9 Å². The van der Waals surface area contributed by atoms with E-state index < -0.39 is 15.9 Å². The minimum atomic E-state index is -3.23. The fourth-order valence-corrected chi connectivity index (χ4v) is 4.52. The Hall–Kier alpha value is -1.11. The molecule has 0 amide bonds. The average Bonchev–Trinajstić information content (AvgIpc) is 2.47. The molecule has 0 bridgehead atoms. The molecule has 118 valence electrons. The van der Waals surface area contributed by atoms with Crippen molar-refractivity contribution in [2.75, 3.05) is 26.1 Å². The van der Waals surface area contributed by atoms with Crippen LogP contribution >= 0.6 is 0 Å². The van der Waals surface area contributed by atoms with Gasteiger partial charge in [-0.1, -0.05) is 17.7 Å². The molecule has 1 unspecified atom stereocenters. The van der Waals surface area contributed by atoms with Gasteiger partial charge in [0.25, 0.3) is 0 Å². The molecule has 1 aromatic rings. The van der Waals surface area contributed by atoms with Crippen LogP contribution in [0.4, 0.5) is 0 Å². The van der Waals surface area contributed by atoms with Gasteiger partial charge in [0.15, 0.2) is 9.84 Å². The highest BCUT2D eigenvalue weighted by molar-refractivity contribution is 7.92. The van der Waals surface area contributed by atoms with Gasteiger partial charge in [0, 0.05) is 24.8 Å². The van der Waals surface area contributed by atoms with Crippen LogP contribution in [0.25, 0.3) is 0 Å². The summed E-state index contributed by atoms with van der Waals surface area (Å²) in [5.41, 5.74) is 7.92. The van der Waals surface area contributed by atoms with Gasteiger partial charge in [-0.05, 0) is 25.8 Å². The van der Waals surface area contributed by atoms with Crippen LogP contribution in [0.3, 0.4) is 0 Å². The predicted octanol–water partition coefficient (Wildman–Crippen LogP) is 1.60. The molecule has 1 aromatic carbocycles. The number of benzene rings is 1. The number of aryl methyl sites for hydroxylation is 1. The second-order valence-corrected chi connectivity index (χ2v) is 7.82. The highest BCUT2D eigenvalue weighted by Crippen LogP contribution is 2.28. The zero-order valence-electron chi connectivity index (χ0n) is 12.5. The minimum absolute atomic E-state index is 0.0581. The van der Waals surface area contributed by atoms with Gasteiger partial charge in [-0.25, -0.2) is 8.42 Å². The summed E-state index contributed by atoms with van der Waals surface area (Å²) < 4.78 is 35.5. The van der Waals surface area contributed by atoms with Crippen molar-refractivity contribution in [1.29, 1.82) is 0 Å². The largest absolute Gasteiger partial charge is 0.496 e. The lowest BCUT2D eigenvalue weighted by Gasteiger charge is -2.24. The van der Waals surface area contributed by atoms with Gasteiger partial charge in [0.1, 0.15) is 5.75 Å². The van der Waals surface area contributed by atoms with Crippen molar-refractivity contribution in [3.63, 3.8) is 0 Å². The number of rotatable bonds is 5. The third kappa shape index (κ3) is 3.96. The summed E-state index contributed by atoms with van der Waals surface area (Å²) in [4.78, 5) is 0. The molecule has 1 atom stereocenters. The lowest BCUT2D eigenvalue weighted by molar-refractivity contribution is 0.0983. The van der Waals surface area contributed by atoms with Crippen LogP contribution in [0.5, 0.6) is 5.75 Å². The Kier molecular flexibility index (Phi) is 5.24. The SMILES string of the molecule is COc1ccc(C)cc1C(N)CS(=O)(=O)C1CCOCC1.